The van der Waals surface area contributed by atoms with Gasteiger partial charge in [-0.2, -0.15) is 0 Å². The Morgan fingerprint density at radius 3 is 2.92 bits per heavy atom. The molecule has 0 aliphatic carbocycles. The maximum atomic E-state index is 11.0. The molecule has 1 rings (SSSR count). The highest BCUT2D eigenvalue weighted by Gasteiger charge is 2.18. The van der Waals surface area contributed by atoms with Crippen LogP contribution in [0.1, 0.15) is 46.0 Å². The van der Waals surface area contributed by atoms with Crippen molar-refractivity contribution in [1.82, 2.24) is 0 Å². The predicted octanol–water partition coefficient (Wildman–Crippen LogP) is 2.83. The number of esters is 1. The van der Waals surface area contributed by atoms with E-state index in [9.17, 15) is 4.79 Å². The molecular weight excluding hydrogens is 164 g/mol. The smallest absolute Gasteiger partial charge is 0.330 e. The van der Waals surface area contributed by atoms with E-state index in [4.69, 9.17) is 4.74 Å². The summed E-state index contributed by atoms with van der Waals surface area (Å²) in [6, 6.07) is 0. The van der Waals surface area contributed by atoms with Crippen LogP contribution in [-0.2, 0) is 9.53 Å². The molecule has 0 bridgehead atoms. The van der Waals surface area contributed by atoms with Crippen LogP contribution < -0.4 is 0 Å². The minimum absolute atomic E-state index is 0.143. The van der Waals surface area contributed by atoms with Crippen LogP contribution in [-0.4, -0.2) is 12.1 Å². The molecular formula is C11H18O2. The summed E-state index contributed by atoms with van der Waals surface area (Å²) in [6.07, 6.45) is 7.30. The van der Waals surface area contributed by atoms with Gasteiger partial charge in [-0.1, -0.05) is 25.3 Å². The number of unbranched alkanes of at least 4 members (excludes halogenated alkanes) is 2. The Morgan fingerprint density at radius 1 is 1.54 bits per heavy atom. The average molecular weight is 182 g/mol. The first-order chi connectivity index (χ1) is 6.22. The minimum Gasteiger partial charge on any atom is -0.459 e. The van der Waals surface area contributed by atoms with Crippen molar-refractivity contribution < 1.29 is 9.53 Å². The summed E-state index contributed by atoms with van der Waals surface area (Å²) < 4.78 is 5.19. The molecule has 74 valence electrons. The molecule has 1 atom stereocenters. The van der Waals surface area contributed by atoms with Gasteiger partial charge in [0.1, 0.15) is 6.10 Å². The van der Waals surface area contributed by atoms with E-state index in [1.807, 2.05) is 6.92 Å². The summed E-state index contributed by atoms with van der Waals surface area (Å²) in [7, 11) is 0. The SMILES string of the molecule is CCCCCC1CC(C)=CC(=O)O1. The fourth-order valence-electron chi connectivity index (χ4n) is 1.64. The van der Waals surface area contributed by atoms with Gasteiger partial charge in [0, 0.05) is 12.5 Å². The van der Waals surface area contributed by atoms with Gasteiger partial charge in [-0.3, -0.25) is 0 Å². The maximum absolute atomic E-state index is 11.0. The van der Waals surface area contributed by atoms with Gasteiger partial charge in [0.2, 0.25) is 0 Å². The molecule has 0 radical (unpaired) electrons. The van der Waals surface area contributed by atoms with E-state index in [0.717, 1.165) is 18.4 Å². The number of hydrogen-bond acceptors (Lipinski definition) is 2. The van der Waals surface area contributed by atoms with E-state index < -0.39 is 0 Å². The van der Waals surface area contributed by atoms with E-state index >= 15 is 0 Å². The van der Waals surface area contributed by atoms with Crippen LogP contribution in [0.3, 0.4) is 0 Å². The molecule has 0 saturated carbocycles. The second-order valence-electron chi connectivity index (χ2n) is 3.75. The number of carbonyl (C=O) groups excluding carboxylic acids is 1. The van der Waals surface area contributed by atoms with Crippen molar-refractivity contribution in [2.45, 2.75) is 52.1 Å². The van der Waals surface area contributed by atoms with Crippen LogP contribution in [0.25, 0.3) is 0 Å². The molecule has 1 unspecified atom stereocenters. The Hall–Kier alpha value is -0.790. The molecule has 0 spiro atoms. The van der Waals surface area contributed by atoms with Crippen molar-refractivity contribution in [2.24, 2.45) is 0 Å². The molecule has 0 aromatic rings. The van der Waals surface area contributed by atoms with Gasteiger partial charge in [-0.25, -0.2) is 4.79 Å². The third kappa shape index (κ3) is 3.62. The Kier molecular flexibility index (Phi) is 4.00. The Labute approximate surface area is 80.0 Å². The van der Waals surface area contributed by atoms with Gasteiger partial charge in [-0.05, 0) is 19.8 Å². The summed E-state index contributed by atoms with van der Waals surface area (Å²) in [5.41, 5.74) is 1.15. The third-order valence-electron chi connectivity index (χ3n) is 2.33. The first-order valence-corrected chi connectivity index (χ1v) is 5.10. The highest BCUT2D eigenvalue weighted by Crippen LogP contribution is 2.19. The summed E-state index contributed by atoms with van der Waals surface area (Å²) in [5.74, 6) is -0.162. The minimum atomic E-state index is -0.162. The van der Waals surface area contributed by atoms with Crippen LogP contribution in [0.2, 0.25) is 0 Å². The van der Waals surface area contributed by atoms with Crippen molar-refractivity contribution in [3.05, 3.63) is 11.6 Å². The van der Waals surface area contributed by atoms with Crippen molar-refractivity contribution in [1.29, 1.82) is 0 Å². The Morgan fingerprint density at radius 2 is 2.31 bits per heavy atom. The van der Waals surface area contributed by atoms with Crippen molar-refractivity contribution in [2.75, 3.05) is 0 Å². The first kappa shape index (κ1) is 10.3. The lowest BCUT2D eigenvalue weighted by molar-refractivity contribution is -0.144. The third-order valence-corrected chi connectivity index (χ3v) is 2.33. The molecule has 0 amide bonds. The van der Waals surface area contributed by atoms with Crippen LogP contribution in [0, 0.1) is 0 Å². The molecule has 13 heavy (non-hydrogen) atoms. The lowest BCUT2D eigenvalue weighted by Gasteiger charge is -2.21. The molecule has 1 aliphatic rings. The van der Waals surface area contributed by atoms with Crippen LogP contribution in [0.15, 0.2) is 11.6 Å². The van der Waals surface area contributed by atoms with Gasteiger partial charge in [-0.15, -0.1) is 0 Å². The van der Waals surface area contributed by atoms with E-state index in [-0.39, 0.29) is 12.1 Å². The van der Waals surface area contributed by atoms with Gasteiger partial charge in [0.15, 0.2) is 0 Å². The zero-order chi connectivity index (χ0) is 9.68. The van der Waals surface area contributed by atoms with E-state index in [1.165, 1.54) is 19.3 Å². The Balaban J connectivity index is 2.29. The van der Waals surface area contributed by atoms with Crippen LogP contribution in [0.4, 0.5) is 0 Å². The monoisotopic (exact) mass is 182 g/mol. The van der Waals surface area contributed by atoms with E-state index in [2.05, 4.69) is 6.92 Å². The molecule has 0 N–H and O–H groups in total. The number of ether oxygens (including phenoxy) is 1. The quantitative estimate of drug-likeness (QED) is 0.493. The number of rotatable bonds is 4. The number of cyclic esters (lactones) is 1. The summed E-state index contributed by atoms with van der Waals surface area (Å²) >= 11 is 0. The maximum Gasteiger partial charge on any atom is 0.330 e. The number of carbonyl (C=O) groups is 1. The highest BCUT2D eigenvalue weighted by atomic mass is 16.5. The van der Waals surface area contributed by atoms with Crippen molar-refractivity contribution in [3.63, 3.8) is 0 Å². The van der Waals surface area contributed by atoms with Crippen molar-refractivity contribution >= 4 is 5.97 Å². The molecule has 1 heterocycles. The largest absolute Gasteiger partial charge is 0.459 e. The van der Waals surface area contributed by atoms with E-state index in [1.54, 1.807) is 6.08 Å². The summed E-state index contributed by atoms with van der Waals surface area (Å²) in [5, 5.41) is 0. The van der Waals surface area contributed by atoms with E-state index in [0.29, 0.717) is 0 Å². The summed E-state index contributed by atoms with van der Waals surface area (Å²) in [6.45, 7) is 4.17. The zero-order valence-electron chi connectivity index (χ0n) is 8.51. The van der Waals surface area contributed by atoms with Crippen molar-refractivity contribution in [3.8, 4) is 0 Å². The predicted molar refractivity (Wildman–Crippen MR) is 52.4 cm³/mol. The highest BCUT2D eigenvalue weighted by molar-refractivity contribution is 5.83. The molecule has 0 aromatic heterocycles. The van der Waals surface area contributed by atoms with Gasteiger partial charge in [0.25, 0.3) is 0 Å². The molecule has 0 saturated heterocycles. The first-order valence-electron chi connectivity index (χ1n) is 5.10. The molecule has 2 heteroatoms. The zero-order valence-corrected chi connectivity index (χ0v) is 8.51. The normalized spacial score (nSPS) is 22.5. The topological polar surface area (TPSA) is 26.3 Å². The van der Waals surface area contributed by atoms with Gasteiger partial charge >= 0.3 is 5.97 Å². The van der Waals surface area contributed by atoms with Crippen LogP contribution >= 0.6 is 0 Å². The molecule has 0 fully saturated rings. The lowest BCUT2D eigenvalue weighted by atomic mass is 10.0. The molecule has 2 nitrogen and oxygen atoms in total. The molecule has 1 aliphatic heterocycles. The fourth-order valence-corrected chi connectivity index (χ4v) is 1.64. The second-order valence-corrected chi connectivity index (χ2v) is 3.75. The summed E-state index contributed by atoms with van der Waals surface area (Å²) in [4.78, 5) is 11.0. The number of hydrogen-bond donors (Lipinski definition) is 0. The van der Waals surface area contributed by atoms with Gasteiger partial charge < -0.3 is 4.74 Å². The van der Waals surface area contributed by atoms with Crippen LogP contribution in [0.5, 0.6) is 0 Å². The molecule has 0 aromatic carbocycles. The van der Waals surface area contributed by atoms with Gasteiger partial charge in [0.05, 0.1) is 0 Å². The Bertz CT molecular complexity index is 206. The fraction of sp³-hybridized carbons (Fsp3) is 0.727. The standard InChI is InChI=1S/C11H18O2/c1-3-4-5-6-10-7-9(2)8-11(12)13-10/h8,10H,3-7H2,1-2H3. The lowest BCUT2D eigenvalue weighted by Crippen LogP contribution is -2.21. The average Bonchev–Trinajstić information content (AvgIpc) is 2.03. The second kappa shape index (κ2) is 5.05.